The van der Waals surface area contributed by atoms with Gasteiger partial charge >= 0.3 is 0 Å². The highest BCUT2D eigenvalue weighted by Crippen LogP contribution is 2.30. The van der Waals surface area contributed by atoms with Crippen LogP contribution in [-0.2, 0) is 0 Å². The smallest absolute Gasteiger partial charge is 0.189 e. The largest absolute Gasteiger partial charge is 0.371 e. The van der Waals surface area contributed by atoms with Gasteiger partial charge in [0.2, 0.25) is 0 Å². The Balaban J connectivity index is 1.79. The number of hydrogen-bond acceptors (Lipinski definition) is 2. The number of ketones is 1. The Morgan fingerprint density at radius 2 is 1.78 bits per heavy atom. The lowest BCUT2D eigenvalue weighted by Gasteiger charge is -2.19. The molecule has 0 fully saturated rings. The third-order valence-corrected chi connectivity index (χ3v) is 4.65. The van der Waals surface area contributed by atoms with Crippen LogP contribution in [0.4, 0.5) is 10.1 Å². The standard InChI is InChI=1S/C23H19FN2O/c1-15-5-4-6-18(13-15)26-22(23(27)16-9-11-17(24)12-10-16)20-14-25-21-8-3-2-7-19(20)21/h2-14,22,25-26H,1H3. The maximum absolute atomic E-state index is 13.3. The van der Waals surface area contributed by atoms with Gasteiger partial charge in [0, 0.05) is 33.9 Å². The summed E-state index contributed by atoms with van der Waals surface area (Å²) in [5.74, 6) is -0.469. The van der Waals surface area contributed by atoms with E-state index in [0.717, 1.165) is 27.7 Å². The van der Waals surface area contributed by atoms with Crippen LogP contribution in [0.15, 0.2) is 79.0 Å². The number of carbonyl (C=O) groups excluding carboxylic acids is 1. The van der Waals surface area contributed by atoms with Crippen molar-refractivity contribution in [2.75, 3.05) is 5.32 Å². The SMILES string of the molecule is Cc1cccc(NC(C(=O)c2ccc(F)cc2)c2c[nH]c3ccccc23)c1. The lowest BCUT2D eigenvalue weighted by molar-refractivity contribution is 0.0970. The van der Waals surface area contributed by atoms with Crippen molar-refractivity contribution >= 4 is 22.4 Å². The molecular formula is C23H19FN2O. The molecule has 0 bridgehead atoms. The van der Waals surface area contributed by atoms with Crippen molar-refractivity contribution in [2.45, 2.75) is 13.0 Å². The minimum absolute atomic E-state index is 0.110. The number of carbonyl (C=O) groups is 1. The summed E-state index contributed by atoms with van der Waals surface area (Å²) in [6.07, 6.45) is 1.86. The highest BCUT2D eigenvalue weighted by molar-refractivity contribution is 6.04. The fourth-order valence-electron chi connectivity index (χ4n) is 3.30. The maximum atomic E-state index is 13.3. The predicted molar refractivity (Wildman–Crippen MR) is 107 cm³/mol. The van der Waals surface area contributed by atoms with Gasteiger partial charge < -0.3 is 10.3 Å². The highest BCUT2D eigenvalue weighted by atomic mass is 19.1. The van der Waals surface area contributed by atoms with Gasteiger partial charge in [-0.25, -0.2) is 4.39 Å². The van der Waals surface area contributed by atoms with Crippen LogP contribution in [-0.4, -0.2) is 10.8 Å². The monoisotopic (exact) mass is 358 g/mol. The molecule has 1 unspecified atom stereocenters. The summed E-state index contributed by atoms with van der Waals surface area (Å²) in [6, 6.07) is 20.8. The zero-order chi connectivity index (χ0) is 18.8. The van der Waals surface area contributed by atoms with E-state index in [-0.39, 0.29) is 11.6 Å². The fourth-order valence-corrected chi connectivity index (χ4v) is 3.30. The molecule has 4 rings (SSSR count). The molecule has 3 aromatic carbocycles. The predicted octanol–water partition coefficient (Wildman–Crippen LogP) is 5.65. The Morgan fingerprint density at radius 1 is 1.00 bits per heavy atom. The summed E-state index contributed by atoms with van der Waals surface area (Å²) in [7, 11) is 0. The number of hydrogen-bond donors (Lipinski definition) is 2. The number of H-pyrrole nitrogens is 1. The second kappa shape index (κ2) is 7.08. The van der Waals surface area contributed by atoms with Gasteiger partial charge in [0.05, 0.1) is 0 Å². The van der Waals surface area contributed by atoms with Crippen LogP contribution in [0.2, 0.25) is 0 Å². The molecule has 0 amide bonds. The Labute approximate surface area is 156 Å². The van der Waals surface area contributed by atoms with Gasteiger partial charge in [0.25, 0.3) is 0 Å². The van der Waals surface area contributed by atoms with Crippen LogP contribution in [0.5, 0.6) is 0 Å². The molecular weight excluding hydrogens is 339 g/mol. The zero-order valence-electron chi connectivity index (χ0n) is 14.9. The summed E-state index contributed by atoms with van der Waals surface area (Å²) >= 11 is 0. The van der Waals surface area contributed by atoms with E-state index in [2.05, 4.69) is 10.3 Å². The maximum Gasteiger partial charge on any atom is 0.189 e. The van der Waals surface area contributed by atoms with Gasteiger partial charge in [-0.15, -0.1) is 0 Å². The van der Waals surface area contributed by atoms with Gasteiger partial charge in [0.15, 0.2) is 5.78 Å². The van der Waals surface area contributed by atoms with Crippen LogP contribution in [0.1, 0.15) is 27.5 Å². The molecule has 0 radical (unpaired) electrons. The molecule has 27 heavy (non-hydrogen) atoms. The molecule has 0 saturated heterocycles. The topological polar surface area (TPSA) is 44.9 Å². The van der Waals surface area contributed by atoms with Crippen molar-refractivity contribution < 1.29 is 9.18 Å². The number of rotatable bonds is 5. The van der Waals surface area contributed by atoms with E-state index >= 15 is 0 Å². The van der Waals surface area contributed by atoms with Gasteiger partial charge in [-0.05, 0) is 55.0 Å². The molecule has 0 aliphatic carbocycles. The number of fused-ring (bicyclic) bond motifs is 1. The van der Waals surface area contributed by atoms with E-state index in [0.29, 0.717) is 5.56 Å². The molecule has 4 heteroatoms. The zero-order valence-corrected chi connectivity index (χ0v) is 14.9. The first-order valence-electron chi connectivity index (χ1n) is 8.81. The molecule has 0 aliphatic rings. The minimum Gasteiger partial charge on any atom is -0.371 e. The molecule has 0 spiro atoms. The fraction of sp³-hybridized carbons (Fsp3) is 0.0870. The minimum atomic E-state index is -0.589. The molecule has 1 aromatic heterocycles. The average molecular weight is 358 g/mol. The van der Waals surface area contributed by atoms with Crippen molar-refractivity contribution in [2.24, 2.45) is 0 Å². The number of aryl methyl sites for hydroxylation is 1. The normalized spacial score (nSPS) is 12.1. The third-order valence-electron chi connectivity index (χ3n) is 4.65. The van der Waals surface area contributed by atoms with Gasteiger partial charge in [-0.2, -0.15) is 0 Å². The number of benzene rings is 3. The van der Waals surface area contributed by atoms with E-state index in [1.165, 1.54) is 24.3 Å². The van der Waals surface area contributed by atoms with Crippen molar-refractivity contribution in [3.8, 4) is 0 Å². The van der Waals surface area contributed by atoms with Crippen LogP contribution >= 0.6 is 0 Å². The first-order valence-corrected chi connectivity index (χ1v) is 8.81. The molecule has 3 nitrogen and oxygen atoms in total. The van der Waals surface area contributed by atoms with Crippen LogP contribution in [0, 0.1) is 12.7 Å². The Kier molecular flexibility index (Phi) is 4.47. The molecule has 134 valence electrons. The van der Waals surface area contributed by atoms with Crippen molar-refractivity contribution in [3.63, 3.8) is 0 Å². The summed E-state index contributed by atoms with van der Waals surface area (Å²) in [5, 5.41) is 4.35. The first kappa shape index (κ1) is 17.0. The number of nitrogens with one attached hydrogen (secondary N) is 2. The van der Waals surface area contributed by atoms with Crippen molar-refractivity contribution in [1.29, 1.82) is 0 Å². The molecule has 1 heterocycles. The number of aromatic nitrogens is 1. The lowest BCUT2D eigenvalue weighted by Crippen LogP contribution is -2.21. The highest BCUT2D eigenvalue weighted by Gasteiger charge is 2.25. The van der Waals surface area contributed by atoms with E-state index in [9.17, 15) is 9.18 Å². The Bertz CT molecular complexity index is 1100. The van der Waals surface area contributed by atoms with Crippen molar-refractivity contribution in [1.82, 2.24) is 4.98 Å². The molecule has 1 atom stereocenters. The lowest BCUT2D eigenvalue weighted by atomic mass is 9.96. The van der Waals surface area contributed by atoms with Crippen molar-refractivity contribution in [3.05, 3.63) is 102 Å². The number of anilines is 1. The van der Waals surface area contributed by atoms with E-state index in [1.54, 1.807) is 0 Å². The quantitative estimate of drug-likeness (QED) is 0.453. The summed E-state index contributed by atoms with van der Waals surface area (Å²) in [4.78, 5) is 16.5. The number of halogens is 1. The Morgan fingerprint density at radius 3 is 2.56 bits per heavy atom. The number of Topliss-reactive ketones (excluding diaryl/α,β-unsaturated/α-hetero) is 1. The third kappa shape index (κ3) is 3.47. The van der Waals surface area contributed by atoms with Crippen LogP contribution in [0.25, 0.3) is 10.9 Å². The second-order valence-electron chi connectivity index (χ2n) is 6.61. The number of aromatic amines is 1. The van der Waals surface area contributed by atoms with Gasteiger partial charge in [-0.1, -0.05) is 30.3 Å². The molecule has 4 aromatic rings. The summed E-state index contributed by atoms with van der Waals surface area (Å²) in [6.45, 7) is 2.01. The van der Waals surface area contributed by atoms with Gasteiger partial charge in [0.1, 0.15) is 11.9 Å². The Hall–Kier alpha value is -3.40. The van der Waals surface area contributed by atoms with E-state index in [1.807, 2.05) is 61.7 Å². The van der Waals surface area contributed by atoms with E-state index < -0.39 is 6.04 Å². The molecule has 0 aliphatic heterocycles. The van der Waals surface area contributed by atoms with E-state index in [4.69, 9.17) is 0 Å². The van der Waals surface area contributed by atoms with Crippen LogP contribution in [0.3, 0.4) is 0 Å². The first-order chi connectivity index (χ1) is 13.1. The average Bonchev–Trinajstić information content (AvgIpc) is 3.10. The van der Waals surface area contributed by atoms with Crippen LogP contribution < -0.4 is 5.32 Å². The van der Waals surface area contributed by atoms with Gasteiger partial charge in [-0.3, -0.25) is 4.79 Å². The number of para-hydroxylation sites is 1. The summed E-state index contributed by atoms with van der Waals surface area (Å²) < 4.78 is 13.3. The second-order valence-corrected chi connectivity index (χ2v) is 6.61. The molecule has 0 saturated carbocycles. The molecule has 2 N–H and O–H groups in total. The summed E-state index contributed by atoms with van der Waals surface area (Å²) in [5.41, 5.74) is 4.26.